The first-order chi connectivity index (χ1) is 8.79. The van der Waals surface area contributed by atoms with E-state index in [4.69, 9.17) is 5.11 Å². The van der Waals surface area contributed by atoms with Crippen molar-refractivity contribution >= 4 is 33.5 Å². The highest BCUT2D eigenvalue weighted by atomic mass is 79.9. The molecule has 0 saturated carbocycles. The van der Waals surface area contributed by atoms with Gasteiger partial charge in [-0.3, -0.25) is 9.59 Å². The van der Waals surface area contributed by atoms with Crippen molar-refractivity contribution in [3.05, 3.63) is 28.2 Å². The summed E-state index contributed by atoms with van der Waals surface area (Å²) < 4.78 is 27.1. The van der Waals surface area contributed by atoms with Crippen LogP contribution in [-0.2, 0) is 9.59 Å². The third kappa shape index (κ3) is 4.94. The van der Waals surface area contributed by atoms with Crippen molar-refractivity contribution in [3.63, 3.8) is 0 Å². The topological polar surface area (TPSA) is 66.4 Å². The number of carbonyl (C=O) groups excluding carboxylic acids is 1. The van der Waals surface area contributed by atoms with Gasteiger partial charge in [0.2, 0.25) is 5.91 Å². The molecule has 0 saturated heterocycles. The number of carboxylic acids is 1. The van der Waals surface area contributed by atoms with Gasteiger partial charge in [0, 0.05) is 17.3 Å². The van der Waals surface area contributed by atoms with Gasteiger partial charge in [0.15, 0.2) is 11.6 Å². The first kappa shape index (κ1) is 15.6. The molecule has 0 radical (unpaired) electrons. The molecule has 1 atom stereocenters. The minimum atomic E-state index is -1.03. The SMILES string of the molecule is CC(CC(=O)O)CC(=O)Nc1c(F)cc(Br)cc1F. The van der Waals surface area contributed by atoms with Crippen molar-refractivity contribution in [2.75, 3.05) is 5.32 Å². The lowest BCUT2D eigenvalue weighted by molar-refractivity contribution is -0.138. The van der Waals surface area contributed by atoms with Crippen molar-refractivity contribution in [1.29, 1.82) is 0 Å². The molecule has 1 aromatic rings. The van der Waals surface area contributed by atoms with Gasteiger partial charge in [-0.15, -0.1) is 0 Å². The Morgan fingerprint density at radius 1 is 1.32 bits per heavy atom. The van der Waals surface area contributed by atoms with E-state index in [-0.39, 0.29) is 17.3 Å². The second-order valence-electron chi connectivity index (χ2n) is 4.20. The highest BCUT2D eigenvalue weighted by molar-refractivity contribution is 9.10. The molecular weight excluding hydrogens is 324 g/mol. The number of carboxylic acid groups (broad SMARTS) is 1. The van der Waals surface area contributed by atoms with Gasteiger partial charge in [-0.2, -0.15) is 0 Å². The van der Waals surface area contributed by atoms with E-state index in [0.29, 0.717) is 0 Å². The van der Waals surface area contributed by atoms with Crippen LogP contribution in [0.4, 0.5) is 14.5 Å². The smallest absolute Gasteiger partial charge is 0.303 e. The van der Waals surface area contributed by atoms with Crippen LogP contribution in [0.15, 0.2) is 16.6 Å². The molecule has 0 aliphatic rings. The Morgan fingerprint density at radius 2 is 1.84 bits per heavy atom. The number of anilines is 1. The predicted octanol–water partition coefficient (Wildman–Crippen LogP) is 3.17. The molecule has 19 heavy (non-hydrogen) atoms. The largest absolute Gasteiger partial charge is 0.481 e. The molecule has 0 aliphatic carbocycles. The van der Waals surface area contributed by atoms with Crippen molar-refractivity contribution < 1.29 is 23.5 Å². The second-order valence-corrected chi connectivity index (χ2v) is 5.12. The Bertz CT molecular complexity index is 485. The van der Waals surface area contributed by atoms with Crippen LogP contribution in [0, 0.1) is 17.6 Å². The maximum Gasteiger partial charge on any atom is 0.303 e. The zero-order valence-corrected chi connectivity index (χ0v) is 11.6. The summed E-state index contributed by atoms with van der Waals surface area (Å²) in [6.45, 7) is 1.57. The highest BCUT2D eigenvalue weighted by Crippen LogP contribution is 2.24. The third-order valence-electron chi connectivity index (χ3n) is 2.33. The van der Waals surface area contributed by atoms with Crippen LogP contribution < -0.4 is 5.32 Å². The standard InChI is InChI=1S/C12H12BrF2NO3/c1-6(3-11(18)19)2-10(17)16-12-8(14)4-7(13)5-9(12)15/h4-6H,2-3H2,1H3,(H,16,17)(H,18,19). The Labute approximate surface area is 116 Å². The average Bonchev–Trinajstić information content (AvgIpc) is 2.21. The Morgan fingerprint density at radius 3 is 2.32 bits per heavy atom. The zero-order valence-electron chi connectivity index (χ0n) is 10.0. The maximum atomic E-state index is 13.4. The number of nitrogens with one attached hydrogen (secondary N) is 1. The van der Waals surface area contributed by atoms with Crippen molar-refractivity contribution in [2.45, 2.75) is 19.8 Å². The molecule has 0 bridgehead atoms. The summed E-state index contributed by atoms with van der Waals surface area (Å²) in [7, 11) is 0. The number of aliphatic carboxylic acids is 1. The van der Waals surface area contributed by atoms with E-state index in [1.807, 2.05) is 0 Å². The molecule has 1 amide bonds. The van der Waals surface area contributed by atoms with Crippen molar-refractivity contribution in [1.82, 2.24) is 0 Å². The van der Waals surface area contributed by atoms with Gasteiger partial charge >= 0.3 is 5.97 Å². The number of hydrogen-bond acceptors (Lipinski definition) is 2. The van der Waals surface area contributed by atoms with Gasteiger partial charge in [-0.1, -0.05) is 22.9 Å². The van der Waals surface area contributed by atoms with Crippen LogP contribution >= 0.6 is 15.9 Å². The summed E-state index contributed by atoms with van der Waals surface area (Å²) in [5.41, 5.74) is -0.532. The van der Waals surface area contributed by atoms with E-state index in [2.05, 4.69) is 21.2 Å². The average molecular weight is 336 g/mol. The fraction of sp³-hybridized carbons (Fsp3) is 0.333. The second kappa shape index (κ2) is 6.60. The number of amides is 1. The molecule has 1 unspecified atom stereocenters. The van der Waals surface area contributed by atoms with Gasteiger partial charge in [0.1, 0.15) is 5.69 Å². The van der Waals surface area contributed by atoms with E-state index in [1.165, 1.54) is 0 Å². The van der Waals surface area contributed by atoms with Crippen LogP contribution in [0.1, 0.15) is 19.8 Å². The molecule has 0 fully saturated rings. The van der Waals surface area contributed by atoms with E-state index in [9.17, 15) is 18.4 Å². The summed E-state index contributed by atoms with van der Waals surface area (Å²) >= 11 is 2.92. The van der Waals surface area contributed by atoms with Crippen LogP contribution in [-0.4, -0.2) is 17.0 Å². The molecule has 0 aliphatic heterocycles. The first-order valence-electron chi connectivity index (χ1n) is 5.45. The number of carbonyl (C=O) groups is 2. The Kier molecular flexibility index (Phi) is 5.41. The fourth-order valence-electron chi connectivity index (χ4n) is 1.54. The molecule has 0 spiro atoms. The minimum Gasteiger partial charge on any atom is -0.481 e. The number of hydrogen-bond donors (Lipinski definition) is 2. The third-order valence-corrected chi connectivity index (χ3v) is 2.79. The number of rotatable bonds is 5. The number of halogens is 3. The van der Waals surface area contributed by atoms with Gasteiger partial charge in [0.25, 0.3) is 0 Å². The van der Waals surface area contributed by atoms with Crippen LogP contribution in [0.5, 0.6) is 0 Å². The van der Waals surface area contributed by atoms with Gasteiger partial charge in [0.05, 0.1) is 0 Å². The molecule has 0 heterocycles. The molecule has 2 N–H and O–H groups in total. The van der Waals surface area contributed by atoms with Crippen LogP contribution in [0.25, 0.3) is 0 Å². The van der Waals surface area contributed by atoms with E-state index >= 15 is 0 Å². The van der Waals surface area contributed by atoms with E-state index in [0.717, 1.165) is 12.1 Å². The lowest BCUT2D eigenvalue weighted by Crippen LogP contribution is -2.18. The summed E-state index contributed by atoms with van der Waals surface area (Å²) in [6, 6.07) is 2.05. The van der Waals surface area contributed by atoms with Gasteiger partial charge in [-0.05, 0) is 18.1 Å². The summed E-state index contributed by atoms with van der Waals surface area (Å²) in [4.78, 5) is 22.0. The molecule has 104 valence electrons. The Balaban J connectivity index is 2.70. The zero-order chi connectivity index (χ0) is 14.6. The van der Waals surface area contributed by atoms with Crippen molar-refractivity contribution in [3.8, 4) is 0 Å². The predicted molar refractivity (Wildman–Crippen MR) is 68.7 cm³/mol. The fourth-order valence-corrected chi connectivity index (χ4v) is 1.94. The molecule has 7 heteroatoms. The number of benzene rings is 1. The molecule has 1 rings (SSSR count). The van der Waals surface area contributed by atoms with Crippen LogP contribution in [0.3, 0.4) is 0 Å². The van der Waals surface area contributed by atoms with E-state index in [1.54, 1.807) is 6.92 Å². The van der Waals surface area contributed by atoms with Gasteiger partial charge in [-0.25, -0.2) is 8.78 Å². The summed E-state index contributed by atoms with van der Waals surface area (Å²) in [5, 5.41) is 10.7. The van der Waals surface area contributed by atoms with Crippen LogP contribution in [0.2, 0.25) is 0 Å². The highest BCUT2D eigenvalue weighted by Gasteiger charge is 2.16. The lowest BCUT2D eigenvalue weighted by Gasteiger charge is -2.11. The first-order valence-corrected chi connectivity index (χ1v) is 6.25. The molecule has 1 aromatic carbocycles. The van der Waals surface area contributed by atoms with Gasteiger partial charge < -0.3 is 10.4 Å². The summed E-state index contributed by atoms with van der Waals surface area (Å²) in [6.07, 6.45) is -0.306. The Hall–Kier alpha value is -1.50. The van der Waals surface area contributed by atoms with E-state index < -0.39 is 35.1 Å². The minimum absolute atomic E-state index is 0.124. The lowest BCUT2D eigenvalue weighted by atomic mass is 10.0. The van der Waals surface area contributed by atoms with Crippen molar-refractivity contribution in [2.24, 2.45) is 5.92 Å². The maximum absolute atomic E-state index is 13.4. The molecular formula is C12H12BrF2NO3. The molecule has 4 nitrogen and oxygen atoms in total. The molecule has 0 aromatic heterocycles. The summed E-state index contributed by atoms with van der Waals surface area (Å²) in [5.74, 6) is -3.87. The quantitative estimate of drug-likeness (QED) is 0.868. The monoisotopic (exact) mass is 335 g/mol. The normalized spacial score (nSPS) is 12.0.